The summed E-state index contributed by atoms with van der Waals surface area (Å²) in [5, 5.41) is 0. The van der Waals surface area contributed by atoms with Crippen LogP contribution in [0.5, 0.6) is 0 Å². The van der Waals surface area contributed by atoms with Crippen LogP contribution in [0.1, 0.15) is 52.1 Å². The van der Waals surface area contributed by atoms with Crippen LogP contribution in [0.3, 0.4) is 0 Å². The van der Waals surface area contributed by atoms with Gasteiger partial charge in [-0.3, -0.25) is 9.59 Å². The van der Waals surface area contributed by atoms with Crippen molar-refractivity contribution >= 4 is 11.6 Å². The van der Waals surface area contributed by atoms with Crippen molar-refractivity contribution in [2.75, 3.05) is 0 Å². The number of rotatable bonds is 0. The van der Waals surface area contributed by atoms with Crippen LogP contribution in [0.4, 0.5) is 0 Å². The minimum Gasteiger partial charge on any atom is -0.294 e. The molecule has 4 rings (SSSR count). The number of benzene rings is 2. The van der Waals surface area contributed by atoms with Gasteiger partial charge in [-0.05, 0) is 24.0 Å². The van der Waals surface area contributed by atoms with E-state index in [0.29, 0.717) is 12.2 Å². The summed E-state index contributed by atoms with van der Waals surface area (Å²) >= 11 is 0. The van der Waals surface area contributed by atoms with E-state index in [-0.39, 0.29) is 11.2 Å². The first-order valence-corrected chi connectivity index (χ1v) is 7.73. The summed E-state index contributed by atoms with van der Waals surface area (Å²) in [7, 11) is 0. The standard InChI is InChI=1S/C11H12O.C9H8O/c1-11(2)7-8-5-3-4-6-9(8)10(11)12;10-9-6-5-7-3-1-2-4-8(7)9/h3-6H,7H2,1-2H3;1-4H,5-6H2. The maximum atomic E-state index is 11.7. The quantitative estimate of drug-likeness (QED) is 0.726. The summed E-state index contributed by atoms with van der Waals surface area (Å²) in [6.07, 6.45) is 2.54. The highest BCUT2D eigenvalue weighted by Gasteiger charge is 2.36. The van der Waals surface area contributed by atoms with E-state index in [1.807, 2.05) is 62.4 Å². The first kappa shape index (κ1) is 14.7. The molecule has 2 nitrogen and oxygen atoms in total. The van der Waals surface area contributed by atoms with Crippen molar-refractivity contribution in [2.24, 2.45) is 5.41 Å². The molecule has 0 aromatic heterocycles. The molecule has 0 spiro atoms. The molecule has 0 radical (unpaired) electrons. The molecule has 112 valence electrons. The predicted molar refractivity (Wildman–Crippen MR) is 87.4 cm³/mol. The van der Waals surface area contributed by atoms with E-state index in [4.69, 9.17) is 0 Å². The van der Waals surface area contributed by atoms with E-state index in [9.17, 15) is 9.59 Å². The number of hydrogen-bond acceptors (Lipinski definition) is 2. The lowest BCUT2D eigenvalue weighted by molar-refractivity contribution is 0.0863. The molecule has 2 aromatic carbocycles. The van der Waals surface area contributed by atoms with Gasteiger partial charge in [0.15, 0.2) is 11.6 Å². The van der Waals surface area contributed by atoms with Crippen LogP contribution in [-0.2, 0) is 12.8 Å². The lowest BCUT2D eigenvalue weighted by atomic mass is 9.89. The molecule has 0 bridgehead atoms. The van der Waals surface area contributed by atoms with Gasteiger partial charge in [0.1, 0.15) is 0 Å². The molecular weight excluding hydrogens is 272 g/mol. The largest absolute Gasteiger partial charge is 0.294 e. The average molecular weight is 292 g/mol. The topological polar surface area (TPSA) is 34.1 Å². The molecule has 0 N–H and O–H groups in total. The molecular formula is C20H20O2. The molecule has 2 aromatic rings. The van der Waals surface area contributed by atoms with Crippen LogP contribution >= 0.6 is 0 Å². The fourth-order valence-corrected chi connectivity index (χ4v) is 3.21. The van der Waals surface area contributed by atoms with Gasteiger partial charge in [-0.2, -0.15) is 0 Å². The third kappa shape index (κ3) is 2.61. The Morgan fingerprint density at radius 2 is 1.36 bits per heavy atom. The SMILES string of the molecule is CC1(C)Cc2ccccc2C1=O.O=C1CCc2ccccc21. The van der Waals surface area contributed by atoms with Crippen LogP contribution in [0.15, 0.2) is 48.5 Å². The molecule has 0 amide bonds. The van der Waals surface area contributed by atoms with Gasteiger partial charge in [0.05, 0.1) is 0 Å². The minimum absolute atomic E-state index is 0.177. The second kappa shape index (κ2) is 5.53. The Kier molecular flexibility index (Phi) is 3.69. The van der Waals surface area contributed by atoms with Gasteiger partial charge >= 0.3 is 0 Å². The normalized spacial score (nSPS) is 17.5. The van der Waals surface area contributed by atoms with Crippen molar-refractivity contribution in [3.05, 3.63) is 70.8 Å². The van der Waals surface area contributed by atoms with Gasteiger partial charge < -0.3 is 0 Å². The van der Waals surface area contributed by atoms with E-state index in [0.717, 1.165) is 24.0 Å². The fourth-order valence-electron chi connectivity index (χ4n) is 3.21. The second-order valence-electron chi connectivity index (χ2n) is 6.63. The van der Waals surface area contributed by atoms with Gasteiger partial charge in [-0.25, -0.2) is 0 Å². The minimum atomic E-state index is -0.177. The number of aryl methyl sites for hydroxylation is 1. The number of Topliss-reactive ketones (excluding diaryl/α,β-unsaturated/α-hetero) is 2. The monoisotopic (exact) mass is 292 g/mol. The molecule has 2 aliphatic carbocycles. The lowest BCUT2D eigenvalue weighted by Gasteiger charge is -2.12. The first-order valence-electron chi connectivity index (χ1n) is 7.73. The number of fused-ring (bicyclic) bond motifs is 2. The fraction of sp³-hybridized carbons (Fsp3) is 0.300. The van der Waals surface area contributed by atoms with Gasteiger partial charge in [-0.1, -0.05) is 62.4 Å². The van der Waals surface area contributed by atoms with Crippen LogP contribution in [0.25, 0.3) is 0 Å². The van der Waals surface area contributed by atoms with Crippen molar-refractivity contribution in [3.8, 4) is 0 Å². The summed E-state index contributed by atoms with van der Waals surface area (Å²) in [6, 6.07) is 15.7. The molecule has 0 heterocycles. The molecule has 0 unspecified atom stereocenters. The first-order chi connectivity index (χ1) is 10.5. The van der Waals surface area contributed by atoms with Crippen molar-refractivity contribution in [1.29, 1.82) is 0 Å². The summed E-state index contributed by atoms with van der Waals surface area (Å²) in [6.45, 7) is 4.02. The Morgan fingerprint density at radius 3 is 2.00 bits per heavy atom. The van der Waals surface area contributed by atoms with E-state index in [1.165, 1.54) is 11.1 Å². The van der Waals surface area contributed by atoms with Crippen LogP contribution in [-0.4, -0.2) is 11.6 Å². The highest BCUT2D eigenvalue weighted by atomic mass is 16.1. The maximum Gasteiger partial charge on any atom is 0.169 e. The third-order valence-corrected chi connectivity index (χ3v) is 4.45. The molecule has 0 saturated carbocycles. The Labute approximate surface area is 131 Å². The van der Waals surface area contributed by atoms with Crippen LogP contribution < -0.4 is 0 Å². The van der Waals surface area contributed by atoms with Crippen molar-refractivity contribution in [3.63, 3.8) is 0 Å². The Balaban J connectivity index is 0.000000133. The zero-order valence-corrected chi connectivity index (χ0v) is 13.1. The lowest BCUT2D eigenvalue weighted by Crippen LogP contribution is -2.18. The van der Waals surface area contributed by atoms with Gasteiger partial charge in [-0.15, -0.1) is 0 Å². The second-order valence-corrected chi connectivity index (χ2v) is 6.63. The highest BCUT2D eigenvalue weighted by molar-refractivity contribution is 6.04. The maximum absolute atomic E-state index is 11.7. The molecule has 0 fully saturated rings. The van der Waals surface area contributed by atoms with E-state index < -0.39 is 0 Å². The van der Waals surface area contributed by atoms with Crippen molar-refractivity contribution < 1.29 is 9.59 Å². The Bertz CT molecular complexity index is 741. The van der Waals surface area contributed by atoms with E-state index >= 15 is 0 Å². The van der Waals surface area contributed by atoms with E-state index in [2.05, 4.69) is 0 Å². The predicted octanol–water partition coefficient (Wildman–Crippen LogP) is 4.27. The van der Waals surface area contributed by atoms with Crippen LogP contribution in [0, 0.1) is 5.41 Å². The van der Waals surface area contributed by atoms with Gasteiger partial charge in [0.25, 0.3) is 0 Å². The van der Waals surface area contributed by atoms with Gasteiger partial charge in [0, 0.05) is 23.0 Å². The summed E-state index contributed by atoms with van der Waals surface area (Å²) in [4.78, 5) is 22.8. The number of hydrogen-bond donors (Lipinski definition) is 0. The van der Waals surface area contributed by atoms with Crippen molar-refractivity contribution in [1.82, 2.24) is 0 Å². The van der Waals surface area contributed by atoms with Crippen LogP contribution in [0.2, 0.25) is 0 Å². The highest BCUT2D eigenvalue weighted by Crippen LogP contribution is 2.35. The van der Waals surface area contributed by atoms with Crippen molar-refractivity contribution in [2.45, 2.75) is 33.1 Å². The smallest absolute Gasteiger partial charge is 0.169 e. The molecule has 0 aliphatic heterocycles. The Hall–Kier alpha value is -2.22. The molecule has 0 atom stereocenters. The molecule has 2 aliphatic rings. The number of ketones is 2. The molecule has 0 saturated heterocycles. The summed E-state index contributed by atoms with van der Waals surface area (Å²) < 4.78 is 0. The summed E-state index contributed by atoms with van der Waals surface area (Å²) in [5.41, 5.74) is 4.09. The van der Waals surface area contributed by atoms with E-state index in [1.54, 1.807) is 0 Å². The molecule has 2 heteroatoms. The number of carbonyl (C=O) groups excluding carboxylic acids is 2. The third-order valence-electron chi connectivity index (χ3n) is 4.45. The Morgan fingerprint density at radius 1 is 0.773 bits per heavy atom. The zero-order valence-electron chi connectivity index (χ0n) is 13.1. The molecule has 22 heavy (non-hydrogen) atoms. The van der Waals surface area contributed by atoms with Gasteiger partial charge in [0.2, 0.25) is 0 Å². The summed E-state index contributed by atoms with van der Waals surface area (Å²) in [5.74, 6) is 0.591. The average Bonchev–Trinajstić information content (AvgIpc) is 2.99. The number of carbonyl (C=O) groups is 2. The zero-order chi connectivity index (χ0) is 15.7.